The van der Waals surface area contributed by atoms with Crippen LogP contribution < -0.4 is 11.1 Å². The summed E-state index contributed by atoms with van der Waals surface area (Å²) in [6, 6.07) is 5.00. The number of rotatable bonds is 3. The number of amides is 1. The van der Waals surface area contributed by atoms with E-state index in [1.165, 1.54) is 0 Å². The molecule has 0 aliphatic rings. The van der Waals surface area contributed by atoms with Crippen molar-refractivity contribution in [1.82, 2.24) is 10.3 Å². The van der Waals surface area contributed by atoms with Gasteiger partial charge in [-0.2, -0.15) is 0 Å². The molecule has 0 spiro atoms. The molecular formula is C15H15N3O2. The van der Waals surface area contributed by atoms with Crippen LogP contribution in [0, 0.1) is 11.8 Å². The van der Waals surface area contributed by atoms with Crippen LogP contribution in [0.4, 0.5) is 0 Å². The smallest absolute Gasteiger partial charge is 0.253 e. The van der Waals surface area contributed by atoms with Gasteiger partial charge in [-0.15, -0.1) is 0 Å². The van der Waals surface area contributed by atoms with Crippen molar-refractivity contribution in [2.24, 2.45) is 5.73 Å². The van der Waals surface area contributed by atoms with E-state index in [1.54, 1.807) is 30.8 Å². The third-order valence-corrected chi connectivity index (χ3v) is 2.71. The second-order valence-corrected chi connectivity index (χ2v) is 4.14. The number of furan rings is 1. The zero-order valence-corrected chi connectivity index (χ0v) is 11.1. The van der Waals surface area contributed by atoms with Crippen LogP contribution in [0.25, 0.3) is 0 Å². The van der Waals surface area contributed by atoms with Crippen molar-refractivity contribution >= 4 is 5.91 Å². The van der Waals surface area contributed by atoms with Crippen molar-refractivity contribution in [3.05, 3.63) is 53.7 Å². The van der Waals surface area contributed by atoms with Gasteiger partial charge in [-0.05, 0) is 25.1 Å². The Bertz CT molecular complexity index is 639. The molecule has 0 aliphatic carbocycles. The van der Waals surface area contributed by atoms with Crippen LogP contribution in [-0.2, 0) is 0 Å². The highest BCUT2D eigenvalue weighted by molar-refractivity contribution is 5.96. The minimum atomic E-state index is -0.224. The third-order valence-electron chi connectivity index (χ3n) is 2.71. The van der Waals surface area contributed by atoms with E-state index in [0.717, 1.165) is 0 Å². The number of hydrogen-bond acceptors (Lipinski definition) is 4. The summed E-state index contributed by atoms with van der Waals surface area (Å²) in [6.07, 6.45) is 4.68. The number of nitrogens with two attached hydrogens (primary N) is 1. The van der Waals surface area contributed by atoms with Crippen LogP contribution in [0.3, 0.4) is 0 Å². The molecule has 0 saturated carbocycles. The van der Waals surface area contributed by atoms with E-state index < -0.39 is 0 Å². The fraction of sp³-hybridized carbons (Fsp3) is 0.200. The normalized spacial score (nSPS) is 11.3. The molecule has 0 fully saturated rings. The molecule has 1 amide bonds. The summed E-state index contributed by atoms with van der Waals surface area (Å²) in [6.45, 7) is 2.09. The Morgan fingerprint density at radius 1 is 1.55 bits per heavy atom. The zero-order valence-electron chi connectivity index (χ0n) is 11.1. The van der Waals surface area contributed by atoms with Gasteiger partial charge >= 0.3 is 0 Å². The Morgan fingerprint density at radius 3 is 3.10 bits per heavy atom. The maximum absolute atomic E-state index is 12.3. The summed E-state index contributed by atoms with van der Waals surface area (Å²) in [5.41, 5.74) is 6.37. The Labute approximate surface area is 117 Å². The molecule has 0 aliphatic heterocycles. The van der Waals surface area contributed by atoms with Gasteiger partial charge in [0.2, 0.25) is 0 Å². The van der Waals surface area contributed by atoms with Gasteiger partial charge in [0.25, 0.3) is 5.91 Å². The molecule has 2 rings (SSSR count). The lowest BCUT2D eigenvalue weighted by Gasteiger charge is -2.12. The number of hydrogen-bond donors (Lipinski definition) is 2. The van der Waals surface area contributed by atoms with E-state index in [9.17, 15) is 4.79 Å². The maximum atomic E-state index is 12.3. The lowest BCUT2D eigenvalue weighted by molar-refractivity contribution is 0.0935. The van der Waals surface area contributed by atoms with Crippen LogP contribution in [-0.4, -0.2) is 17.4 Å². The summed E-state index contributed by atoms with van der Waals surface area (Å²) in [5, 5.41) is 2.86. The Balaban J connectivity index is 2.17. The van der Waals surface area contributed by atoms with Crippen molar-refractivity contribution in [3.63, 3.8) is 0 Å². The van der Waals surface area contributed by atoms with Crippen LogP contribution >= 0.6 is 0 Å². The van der Waals surface area contributed by atoms with Crippen molar-refractivity contribution in [2.45, 2.75) is 13.0 Å². The zero-order chi connectivity index (χ0) is 14.4. The van der Waals surface area contributed by atoms with Gasteiger partial charge in [0, 0.05) is 12.4 Å². The molecule has 20 heavy (non-hydrogen) atoms. The van der Waals surface area contributed by atoms with E-state index in [0.29, 0.717) is 16.9 Å². The highest BCUT2D eigenvalue weighted by Gasteiger charge is 2.15. The second-order valence-electron chi connectivity index (χ2n) is 4.14. The van der Waals surface area contributed by atoms with Crippen LogP contribution in [0.5, 0.6) is 0 Å². The Hall–Kier alpha value is -2.58. The molecule has 5 heteroatoms. The topological polar surface area (TPSA) is 81.2 Å². The number of carbonyl (C=O) groups excluding carboxylic acids is 1. The summed E-state index contributed by atoms with van der Waals surface area (Å²) < 4.78 is 5.26. The first-order valence-electron chi connectivity index (χ1n) is 6.19. The van der Waals surface area contributed by atoms with Crippen LogP contribution in [0.1, 0.15) is 34.6 Å². The summed E-state index contributed by atoms with van der Waals surface area (Å²) in [5.74, 6) is 6.03. The number of pyridine rings is 1. The Kier molecular flexibility index (Phi) is 4.53. The molecule has 1 atom stereocenters. The molecule has 5 nitrogen and oxygen atoms in total. The Morgan fingerprint density at radius 2 is 2.40 bits per heavy atom. The summed E-state index contributed by atoms with van der Waals surface area (Å²) in [4.78, 5) is 16.2. The van der Waals surface area contributed by atoms with Gasteiger partial charge in [-0.25, -0.2) is 0 Å². The maximum Gasteiger partial charge on any atom is 0.253 e. The number of nitrogens with zero attached hydrogens (tertiary/aromatic N) is 1. The molecule has 2 aromatic heterocycles. The van der Waals surface area contributed by atoms with Crippen molar-refractivity contribution in [1.29, 1.82) is 0 Å². The van der Waals surface area contributed by atoms with Gasteiger partial charge in [0.15, 0.2) is 0 Å². The van der Waals surface area contributed by atoms with E-state index in [-0.39, 0.29) is 18.5 Å². The first-order valence-corrected chi connectivity index (χ1v) is 6.19. The molecule has 0 aromatic carbocycles. The minimum Gasteiger partial charge on any atom is -0.467 e. The van der Waals surface area contributed by atoms with E-state index in [4.69, 9.17) is 10.2 Å². The quantitative estimate of drug-likeness (QED) is 0.827. The summed E-state index contributed by atoms with van der Waals surface area (Å²) in [7, 11) is 0. The van der Waals surface area contributed by atoms with Crippen molar-refractivity contribution < 1.29 is 9.21 Å². The van der Waals surface area contributed by atoms with Crippen molar-refractivity contribution in [2.75, 3.05) is 6.54 Å². The lowest BCUT2D eigenvalue weighted by atomic mass is 10.1. The standard InChI is InChI=1S/C15H15N3O2/c1-11(14-5-3-9-20-14)18-15(19)13-6-8-17-10-12(13)4-2-7-16/h3,5-6,8-11H,7,16H2,1H3,(H,18,19). The van der Waals surface area contributed by atoms with Gasteiger partial charge in [0.1, 0.15) is 5.76 Å². The SMILES string of the molecule is CC(NC(=O)c1ccncc1C#CCN)c1ccco1. The lowest BCUT2D eigenvalue weighted by Crippen LogP contribution is -2.27. The summed E-state index contributed by atoms with van der Waals surface area (Å²) >= 11 is 0. The van der Waals surface area contributed by atoms with Gasteiger partial charge < -0.3 is 15.5 Å². The number of nitrogens with one attached hydrogen (secondary N) is 1. The van der Waals surface area contributed by atoms with Crippen molar-refractivity contribution in [3.8, 4) is 11.8 Å². The van der Waals surface area contributed by atoms with E-state index in [1.807, 2.05) is 13.0 Å². The monoisotopic (exact) mass is 269 g/mol. The highest BCUT2D eigenvalue weighted by Crippen LogP contribution is 2.14. The first kappa shape index (κ1) is 13.8. The largest absolute Gasteiger partial charge is 0.467 e. The molecule has 3 N–H and O–H groups in total. The molecule has 2 aromatic rings. The first-order chi connectivity index (χ1) is 9.72. The predicted molar refractivity (Wildman–Crippen MR) is 74.8 cm³/mol. The average Bonchev–Trinajstić information content (AvgIpc) is 2.99. The van der Waals surface area contributed by atoms with E-state index >= 15 is 0 Å². The molecular weight excluding hydrogens is 254 g/mol. The fourth-order valence-corrected chi connectivity index (χ4v) is 1.72. The molecule has 2 heterocycles. The van der Waals surface area contributed by atoms with Gasteiger partial charge in [0.05, 0.1) is 30.0 Å². The molecule has 102 valence electrons. The van der Waals surface area contributed by atoms with E-state index in [2.05, 4.69) is 22.1 Å². The molecule has 0 bridgehead atoms. The average molecular weight is 269 g/mol. The molecule has 0 saturated heterocycles. The van der Waals surface area contributed by atoms with Gasteiger partial charge in [-0.1, -0.05) is 11.8 Å². The second kappa shape index (κ2) is 6.55. The molecule has 0 radical (unpaired) electrons. The highest BCUT2D eigenvalue weighted by atomic mass is 16.3. The third kappa shape index (κ3) is 3.25. The van der Waals surface area contributed by atoms with Crippen LogP contribution in [0.2, 0.25) is 0 Å². The fourth-order valence-electron chi connectivity index (χ4n) is 1.72. The molecule has 1 unspecified atom stereocenters. The number of aromatic nitrogens is 1. The van der Waals surface area contributed by atoms with Gasteiger partial charge in [-0.3, -0.25) is 9.78 Å². The predicted octanol–water partition coefficient (Wildman–Crippen LogP) is 1.48. The number of carbonyl (C=O) groups is 1. The minimum absolute atomic E-state index is 0.221. The van der Waals surface area contributed by atoms with Crippen LogP contribution in [0.15, 0.2) is 41.3 Å².